The van der Waals surface area contributed by atoms with Crippen molar-refractivity contribution in [1.29, 1.82) is 0 Å². The van der Waals surface area contributed by atoms with E-state index >= 15 is 0 Å². The highest BCUT2D eigenvalue weighted by Crippen LogP contribution is 2.50. The number of nitrogens with zero attached hydrogens (tertiary/aromatic N) is 2. The number of ether oxygens (including phenoxy) is 1. The third-order valence-electron chi connectivity index (χ3n) is 8.18. The highest BCUT2D eigenvalue weighted by atomic mass is 32.2. The predicted octanol–water partition coefficient (Wildman–Crippen LogP) is 6.26. The van der Waals surface area contributed by atoms with E-state index in [0.29, 0.717) is 29.6 Å². The van der Waals surface area contributed by atoms with E-state index in [9.17, 15) is 9.59 Å². The molecular formula is C33H33N3O3S. The van der Waals surface area contributed by atoms with Gasteiger partial charge in [0.05, 0.1) is 24.1 Å². The van der Waals surface area contributed by atoms with Crippen LogP contribution in [0, 0.1) is 0 Å². The van der Waals surface area contributed by atoms with E-state index in [2.05, 4.69) is 35.6 Å². The van der Waals surface area contributed by atoms with Crippen molar-refractivity contribution in [2.24, 2.45) is 0 Å². The first-order valence-corrected chi connectivity index (χ1v) is 14.9. The number of amides is 1. The summed E-state index contributed by atoms with van der Waals surface area (Å²) in [6.45, 7) is 0.515. The molecule has 1 spiro atoms. The highest BCUT2D eigenvalue weighted by molar-refractivity contribution is 7.99. The van der Waals surface area contributed by atoms with Gasteiger partial charge in [-0.1, -0.05) is 85.3 Å². The van der Waals surface area contributed by atoms with Crippen LogP contribution in [-0.2, 0) is 29.6 Å². The van der Waals surface area contributed by atoms with Crippen LogP contribution in [0.4, 0.5) is 5.69 Å². The van der Waals surface area contributed by atoms with Crippen LogP contribution in [0.25, 0.3) is 11.3 Å². The monoisotopic (exact) mass is 551 g/mol. The molecule has 204 valence electrons. The molecule has 2 aliphatic rings. The van der Waals surface area contributed by atoms with Gasteiger partial charge in [-0.15, -0.1) is 0 Å². The van der Waals surface area contributed by atoms with Gasteiger partial charge >= 0.3 is 0 Å². The quantitative estimate of drug-likeness (QED) is 0.207. The summed E-state index contributed by atoms with van der Waals surface area (Å²) in [5, 5.41) is 3.53. The Morgan fingerprint density at radius 2 is 1.80 bits per heavy atom. The summed E-state index contributed by atoms with van der Waals surface area (Å²) in [4.78, 5) is 32.6. The molecule has 1 fully saturated rings. The SMILES string of the molecule is COc1cccc(NC(=O)CSc2nc3c(c(=O)n2CCc2ccccc2)C2(CCCC2)Cc2ccccc2-3)c1. The van der Waals surface area contributed by atoms with Crippen molar-refractivity contribution in [3.05, 3.63) is 106 Å². The van der Waals surface area contributed by atoms with E-state index < -0.39 is 0 Å². The van der Waals surface area contributed by atoms with Crippen LogP contribution in [-0.4, -0.2) is 28.3 Å². The molecule has 3 aromatic carbocycles. The van der Waals surface area contributed by atoms with Crippen molar-refractivity contribution < 1.29 is 9.53 Å². The number of hydrogen-bond acceptors (Lipinski definition) is 5. The molecule has 7 heteroatoms. The van der Waals surface area contributed by atoms with E-state index in [4.69, 9.17) is 9.72 Å². The zero-order valence-electron chi connectivity index (χ0n) is 22.7. The molecule has 1 aromatic heterocycles. The highest BCUT2D eigenvalue weighted by Gasteiger charge is 2.44. The largest absolute Gasteiger partial charge is 0.497 e. The minimum atomic E-state index is -0.160. The van der Waals surface area contributed by atoms with Gasteiger partial charge in [0.15, 0.2) is 5.16 Å². The van der Waals surface area contributed by atoms with Crippen molar-refractivity contribution in [3.63, 3.8) is 0 Å². The van der Waals surface area contributed by atoms with Crippen molar-refractivity contribution in [1.82, 2.24) is 9.55 Å². The summed E-state index contributed by atoms with van der Waals surface area (Å²) >= 11 is 1.32. The number of aromatic nitrogens is 2. The Kier molecular flexibility index (Phi) is 7.48. The van der Waals surface area contributed by atoms with Crippen LogP contribution < -0.4 is 15.6 Å². The Morgan fingerprint density at radius 1 is 1.02 bits per heavy atom. The number of aryl methyl sites for hydroxylation is 1. The van der Waals surface area contributed by atoms with Crippen LogP contribution >= 0.6 is 11.8 Å². The summed E-state index contributed by atoms with van der Waals surface area (Å²) in [6, 6.07) is 25.8. The molecule has 0 unspecified atom stereocenters. The number of carbonyl (C=O) groups is 1. The van der Waals surface area contributed by atoms with Crippen LogP contribution in [0.2, 0.25) is 0 Å². The number of hydrogen-bond donors (Lipinski definition) is 1. The molecular weight excluding hydrogens is 518 g/mol. The van der Waals surface area contributed by atoms with Gasteiger partial charge < -0.3 is 10.1 Å². The Hall–Kier alpha value is -3.84. The van der Waals surface area contributed by atoms with E-state index in [1.54, 1.807) is 13.2 Å². The first kappa shape index (κ1) is 26.4. The molecule has 1 amide bonds. The first-order chi connectivity index (χ1) is 19.6. The van der Waals surface area contributed by atoms with E-state index in [0.717, 1.165) is 48.9 Å². The van der Waals surface area contributed by atoms with Gasteiger partial charge in [-0.3, -0.25) is 14.2 Å². The second kappa shape index (κ2) is 11.3. The second-order valence-electron chi connectivity index (χ2n) is 10.7. The molecule has 6 rings (SSSR count). The van der Waals surface area contributed by atoms with E-state index in [1.807, 2.05) is 47.0 Å². The average molecular weight is 552 g/mol. The lowest BCUT2D eigenvalue weighted by Crippen LogP contribution is -2.40. The van der Waals surface area contributed by atoms with Gasteiger partial charge in [0.2, 0.25) is 5.91 Å². The van der Waals surface area contributed by atoms with E-state index in [1.165, 1.54) is 22.9 Å². The van der Waals surface area contributed by atoms with Crippen LogP contribution in [0.15, 0.2) is 88.8 Å². The fraction of sp³-hybridized carbons (Fsp3) is 0.303. The van der Waals surface area contributed by atoms with Crippen LogP contribution in [0.3, 0.4) is 0 Å². The smallest absolute Gasteiger partial charge is 0.258 e. The number of anilines is 1. The molecule has 6 nitrogen and oxygen atoms in total. The third-order valence-corrected chi connectivity index (χ3v) is 9.16. The molecule has 1 N–H and O–H groups in total. The van der Waals surface area contributed by atoms with Gasteiger partial charge in [-0.25, -0.2) is 4.98 Å². The maximum absolute atomic E-state index is 14.4. The second-order valence-corrected chi connectivity index (χ2v) is 11.6. The summed E-state index contributed by atoms with van der Waals surface area (Å²) in [5.74, 6) is 0.657. The zero-order valence-corrected chi connectivity index (χ0v) is 23.5. The topological polar surface area (TPSA) is 73.2 Å². The summed E-state index contributed by atoms with van der Waals surface area (Å²) in [7, 11) is 1.60. The maximum atomic E-state index is 14.4. The molecule has 0 saturated heterocycles. The third kappa shape index (κ3) is 5.18. The summed E-state index contributed by atoms with van der Waals surface area (Å²) < 4.78 is 7.10. The Balaban J connectivity index is 1.37. The molecule has 0 atom stereocenters. The Labute approximate surface area is 238 Å². The molecule has 1 heterocycles. The van der Waals surface area contributed by atoms with Crippen molar-refractivity contribution >= 4 is 23.4 Å². The Morgan fingerprint density at radius 3 is 2.60 bits per heavy atom. The number of thioether (sulfide) groups is 1. The summed E-state index contributed by atoms with van der Waals surface area (Å²) in [5.41, 5.74) is 5.72. The minimum Gasteiger partial charge on any atom is -0.497 e. The van der Waals surface area contributed by atoms with Gasteiger partial charge in [0, 0.05) is 29.3 Å². The number of carbonyl (C=O) groups excluding carboxylic acids is 1. The number of fused-ring (bicyclic) bond motifs is 4. The zero-order chi connectivity index (χ0) is 27.5. The number of methoxy groups -OCH3 is 1. The predicted molar refractivity (Wildman–Crippen MR) is 160 cm³/mol. The molecule has 40 heavy (non-hydrogen) atoms. The lowest BCUT2D eigenvalue weighted by Gasteiger charge is -2.36. The molecule has 0 radical (unpaired) electrons. The fourth-order valence-corrected chi connectivity index (χ4v) is 7.08. The van der Waals surface area contributed by atoms with Crippen LogP contribution in [0.5, 0.6) is 5.75 Å². The maximum Gasteiger partial charge on any atom is 0.258 e. The van der Waals surface area contributed by atoms with Gasteiger partial charge in [-0.05, 0) is 48.9 Å². The number of rotatable bonds is 8. The normalized spacial score (nSPS) is 14.9. The molecule has 2 aliphatic carbocycles. The molecule has 1 saturated carbocycles. The lowest BCUT2D eigenvalue weighted by molar-refractivity contribution is -0.113. The number of benzene rings is 3. The molecule has 4 aromatic rings. The average Bonchev–Trinajstić information content (AvgIpc) is 3.44. The van der Waals surface area contributed by atoms with Crippen molar-refractivity contribution in [2.75, 3.05) is 18.2 Å². The van der Waals surface area contributed by atoms with E-state index in [-0.39, 0.29) is 22.6 Å². The Bertz CT molecular complexity index is 1590. The first-order valence-electron chi connectivity index (χ1n) is 13.9. The van der Waals surface area contributed by atoms with Gasteiger partial charge in [0.1, 0.15) is 5.75 Å². The lowest BCUT2D eigenvalue weighted by atomic mass is 9.68. The summed E-state index contributed by atoms with van der Waals surface area (Å²) in [6.07, 6.45) is 5.90. The standard InChI is InChI=1S/C33H33N3O3S/c1-39-26-14-9-13-25(20-26)34-28(37)22-40-32-35-30-27-15-6-5-12-24(27)21-33(17-7-8-18-33)29(30)31(38)36(32)19-16-23-10-3-2-4-11-23/h2-6,9-15,20H,7-8,16-19,21-22H2,1H3,(H,34,37). The van der Waals surface area contributed by atoms with Crippen molar-refractivity contribution in [3.8, 4) is 17.0 Å². The molecule has 0 bridgehead atoms. The van der Waals surface area contributed by atoms with Crippen molar-refractivity contribution in [2.45, 2.75) is 55.6 Å². The molecule has 0 aliphatic heterocycles. The van der Waals surface area contributed by atoms with Gasteiger partial charge in [-0.2, -0.15) is 0 Å². The minimum absolute atomic E-state index is 0.0491. The number of nitrogens with one attached hydrogen (secondary N) is 1. The van der Waals surface area contributed by atoms with Crippen LogP contribution in [0.1, 0.15) is 42.4 Å². The van der Waals surface area contributed by atoms with Gasteiger partial charge in [0.25, 0.3) is 5.56 Å². The fourth-order valence-electron chi connectivity index (χ4n) is 6.27.